The number of halogens is 2. The Kier molecular flexibility index (Phi) is 7.06. The number of para-hydroxylation sites is 1. The predicted molar refractivity (Wildman–Crippen MR) is 116 cm³/mol. The van der Waals surface area contributed by atoms with Gasteiger partial charge in [-0.1, -0.05) is 47.5 Å². The van der Waals surface area contributed by atoms with Gasteiger partial charge in [0.2, 0.25) is 0 Å². The van der Waals surface area contributed by atoms with Crippen molar-refractivity contribution >= 4 is 41.3 Å². The minimum absolute atomic E-state index is 0.212. The van der Waals surface area contributed by atoms with Crippen LogP contribution in [0.4, 0.5) is 0 Å². The smallest absolute Gasteiger partial charge is 0.335 e. The van der Waals surface area contributed by atoms with Crippen LogP contribution in [-0.4, -0.2) is 23.2 Å². The lowest BCUT2D eigenvalue weighted by Gasteiger charge is -2.09. The molecule has 3 aromatic rings. The molecule has 152 valence electrons. The predicted octanol–water partition coefficient (Wildman–Crippen LogP) is 5.03. The molecular formula is C22H16Cl2N2O4. The fraction of sp³-hybridized carbons (Fsp3) is 0.0455. The number of nitrogens with zero attached hydrogens (tertiary/aromatic N) is 1. The van der Waals surface area contributed by atoms with Crippen LogP contribution in [0.3, 0.4) is 0 Å². The van der Waals surface area contributed by atoms with E-state index < -0.39 is 11.9 Å². The third-order valence-corrected chi connectivity index (χ3v) is 4.80. The molecule has 0 saturated heterocycles. The largest absolute Gasteiger partial charge is 0.488 e. The molecule has 0 aliphatic heterocycles. The van der Waals surface area contributed by atoms with Gasteiger partial charge in [0.05, 0.1) is 21.8 Å². The average Bonchev–Trinajstić information content (AvgIpc) is 2.75. The molecule has 0 aliphatic carbocycles. The number of hydrogen-bond acceptors (Lipinski definition) is 4. The maximum Gasteiger partial charge on any atom is 0.335 e. The molecule has 0 spiro atoms. The summed E-state index contributed by atoms with van der Waals surface area (Å²) >= 11 is 11.8. The number of ether oxygens (including phenoxy) is 1. The molecule has 6 nitrogen and oxygen atoms in total. The Morgan fingerprint density at radius 1 is 0.967 bits per heavy atom. The Bertz CT molecular complexity index is 1100. The quantitative estimate of drug-likeness (QED) is 0.396. The summed E-state index contributed by atoms with van der Waals surface area (Å²) in [5.41, 5.74) is 4.45. The number of carbonyl (C=O) groups is 2. The van der Waals surface area contributed by atoms with Crippen molar-refractivity contribution in [3.05, 3.63) is 99.0 Å². The number of nitrogens with one attached hydrogen (secondary N) is 1. The van der Waals surface area contributed by atoms with Crippen molar-refractivity contribution in [1.29, 1.82) is 0 Å². The zero-order valence-electron chi connectivity index (χ0n) is 15.5. The molecule has 30 heavy (non-hydrogen) atoms. The van der Waals surface area contributed by atoms with Crippen molar-refractivity contribution in [2.24, 2.45) is 5.10 Å². The van der Waals surface area contributed by atoms with Crippen LogP contribution in [-0.2, 0) is 6.61 Å². The number of rotatable bonds is 7. The Balaban J connectivity index is 1.63. The second-order valence-electron chi connectivity index (χ2n) is 6.16. The minimum atomic E-state index is -0.980. The first-order valence-electron chi connectivity index (χ1n) is 8.76. The van der Waals surface area contributed by atoms with Crippen LogP contribution in [0.2, 0.25) is 10.0 Å². The summed E-state index contributed by atoms with van der Waals surface area (Å²) in [5, 5.41) is 13.6. The van der Waals surface area contributed by atoms with Gasteiger partial charge in [-0.05, 0) is 48.0 Å². The van der Waals surface area contributed by atoms with Crippen molar-refractivity contribution in [2.75, 3.05) is 0 Å². The number of carboxylic acids is 1. The van der Waals surface area contributed by atoms with Crippen LogP contribution < -0.4 is 10.2 Å². The zero-order chi connectivity index (χ0) is 21.5. The Labute approximate surface area is 182 Å². The van der Waals surface area contributed by atoms with E-state index >= 15 is 0 Å². The van der Waals surface area contributed by atoms with Crippen LogP contribution in [0.15, 0.2) is 71.8 Å². The molecule has 3 aromatic carbocycles. The maximum absolute atomic E-state index is 12.2. The van der Waals surface area contributed by atoms with E-state index in [1.807, 2.05) is 12.1 Å². The van der Waals surface area contributed by atoms with Gasteiger partial charge in [0.15, 0.2) is 0 Å². The molecule has 0 radical (unpaired) electrons. The molecule has 0 aliphatic rings. The zero-order valence-corrected chi connectivity index (χ0v) is 17.0. The van der Waals surface area contributed by atoms with Crippen LogP contribution >= 0.6 is 23.2 Å². The van der Waals surface area contributed by atoms with E-state index in [1.165, 1.54) is 30.5 Å². The summed E-state index contributed by atoms with van der Waals surface area (Å²) < 4.78 is 5.81. The highest BCUT2D eigenvalue weighted by atomic mass is 35.5. The molecule has 0 atom stereocenters. The monoisotopic (exact) mass is 442 g/mol. The van der Waals surface area contributed by atoms with Gasteiger partial charge in [-0.3, -0.25) is 4.79 Å². The lowest BCUT2D eigenvalue weighted by Crippen LogP contribution is -2.17. The molecular weight excluding hydrogens is 427 g/mol. The molecule has 0 heterocycles. The normalized spacial score (nSPS) is 10.7. The summed E-state index contributed by atoms with van der Waals surface area (Å²) in [6.07, 6.45) is 1.47. The lowest BCUT2D eigenvalue weighted by atomic mass is 10.1. The molecule has 0 bridgehead atoms. The fourth-order valence-electron chi connectivity index (χ4n) is 2.49. The van der Waals surface area contributed by atoms with E-state index in [-0.39, 0.29) is 17.2 Å². The van der Waals surface area contributed by atoms with E-state index in [4.69, 9.17) is 33.0 Å². The first-order valence-corrected chi connectivity index (χ1v) is 9.52. The summed E-state index contributed by atoms with van der Waals surface area (Å²) in [5.74, 6) is -0.846. The SMILES string of the molecule is O=C(O)c1ccc(COc2ccccc2/C=N\NC(=O)c2ccc(Cl)c(Cl)c2)cc1. The molecule has 3 rings (SSSR count). The van der Waals surface area contributed by atoms with Gasteiger partial charge in [0.25, 0.3) is 5.91 Å². The van der Waals surface area contributed by atoms with E-state index in [2.05, 4.69) is 10.5 Å². The summed E-state index contributed by atoms with van der Waals surface area (Å²) in [6, 6.07) is 18.2. The highest BCUT2D eigenvalue weighted by Crippen LogP contribution is 2.22. The number of hydrazone groups is 1. The average molecular weight is 443 g/mol. The molecule has 0 aromatic heterocycles. The Hall–Kier alpha value is -3.35. The van der Waals surface area contributed by atoms with Gasteiger partial charge in [-0.2, -0.15) is 5.10 Å². The van der Waals surface area contributed by atoms with Crippen molar-refractivity contribution in [3.8, 4) is 5.75 Å². The first kappa shape index (κ1) is 21.4. The van der Waals surface area contributed by atoms with Gasteiger partial charge >= 0.3 is 5.97 Å². The van der Waals surface area contributed by atoms with E-state index in [1.54, 1.807) is 30.3 Å². The third kappa shape index (κ3) is 5.59. The Morgan fingerprint density at radius 2 is 1.67 bits per heavy atom. The van der Waals surface area contributed by atoms with Gasteiger partial charge in [0, 0.05) is 11.1 Å². The first-order chi connectivity index (χ1) is 14.4. The fourth-order valence-corrected chi connectivity index (χ4v) is 2.78. The highest BCUT2D eigenvalue weighted by Gasteiger charge is 2.08. The topological polar surface area (TPSA) is 88.0 Å². The second-order valence-corrected chi connectivity index (χ2v) is 6.97. The number of aromatic carboxylic acids is 1. The maximum atomic E-state index is 12.2. The molecule has 0 fully saturated rings. The highest BCUT2D eigenvalue weighted by molar-refractivity contribution is 6.42. The summed E-state index contributed by atoms with van der Waals surface area (Å²) in [6.45, 7) is 0.250. The standard InChI is InChI=1S/C22H16Cl2N2O4/c23-18-10-9-16(11-19(18)24)21(27)26-25-12-17-3-1-2-4-20(17)30-13-14-5-7-15(8-6-14)22(28)29/h1-12H,13H2,(H,26,27)(H,28,29)/b25-12-. The van der Waals surface area contributed by atoms with Gasteiger partial charge in [-0.15, -0.1) is 0 Å². The lowest BCUT2D eigenvalue weighted by molar-refractivity contribution is 0.0696. The molecule has 2 N–H and O–H groups in total. The molecule has 0 saturated carbocycles. The van der Waals surface area contributed by atoms with Gasteiger partial charge in [-0.25, -0.2) is 10.2 Å². The van der Waals surface area contributed by atoms with Gasteiger partial charge < -0.3 is 9.84 Å². The van der Waals surface area contributed by atoms with Crippen LogP contribution in [0, 0.1) is 0 Å². The molecule has 8 heteroatoms. The van der Waals surface area contributed by atoms with Crippen molar-refractivity contribution in [1.82, 2.24) is 5.43 Å². The van der Waals surface area contributed by atoms with Crippen LogP contribution in [0.25, 0.3) is 0 Å². The number of carboxylic acid groups (broad SMARTS) is 1. The Morgan fingerprint density at radius 3 is 2.37 bits per heavy atom. The molecule has 1 amide bonds. The number of carbonyl (C=O) groups excluding carboxylic acids is 1. The van der Waals surface area contributed by atoms with Crippen molar-refractivity contribution < 1.29 is 19.4 Å². The van der Waals surface area contributed by atoms with Gasteiger partial charge in [0.1, 0.15) is 12.4 Å². The van der Waals surface area contributed by atoms with Crippen LogP contribution in [0.5, 0.6) is 5.75 Å². The second kappa shape index (κ2) is 9.91. The van der Waals surface area contributed by atoms with Crippen molar-refractivity contribution in [2.45, 2.75) is 6.61 Å². The number of amides is 1. The number of hydrogen-bond donors (Lipinski definition) is 2. The van der Waals surface area contributed by atoms with Crippen molar-refractivity contribution in [3.63, 3.8) is 0 Å². The minimum Gasteiger partial charge on any atom is -0.488 e. The van der Waals surface area contributed by atoms with E-state index in [0.29, 0.717) is 21.9 Å². The third-order valence-electron chi connectivity index (χ3n) is 4.07. The summed E-state index contributed by atoms with van der Waals surface area (Å²) in [4.78, 5) is 23.1. The van der Waals surface area contributed by atoms with E-state index in [9.17, 15) is 9.59 Å². The van der Waals surface area contributed by atoms with Crippen LogP contribution in [0.1, 0.15) is 31.8 Å². The van der Waals surface area contributed by atoms with E-state index in [0.717, 1.165) is 5.56 Å². The molecule has 0 unspecified atom stereocenters. The summed E-state index contributed by atoms with van der Waals surface area (Å²) in [7, 11) is 0. The number of benzene rings is 3.